The molecule has 15 heavy (non-hydrogen) atoms. The Balaban J connectivity index is 2.86. The molecule has 0 aliphatic rings. The Labute approximate surface area is 101 Å². The SMILES string of the molecule is OCCc1cc(CCCl)cc(CCCl)c1. The van der Waals surface area contributed by atoms with E-state index in [1.807, 2.05) is 0 Å². The molecule has 0 saturated heterocycles. The fourth-order valence-electron chi connectivity index (χ4n) is 1.62. The Hall–Kier alpha value is -0.240. The molecule has 1 nitrogen and oxygen atoms in total. The van der Waals surface area contributed by atoms with Gasteiger partial charge in [0.05, 0.1) is 0 Å². The van der Waals surface area contributed by atoms with Gasteiger partial charge in [0.25, 0.3) is 0 Å². The average Bonchev–Trinajstić information content (AvgIpc) is 2.19. The highest BCUT2D eigenvalue weighted by Gasteiger charge is 2.01. The molecule has 0 unspecified atom stereocenters. The summed E-state index contributed by atoms with van der Waals surface area (Å²) in [4.78, 5) is 0. The maximum atomic E-state index is 8.91. The highest BCUT2D eigenvalue weighted by Crippen LogP contribution is 2.13. The predicted molar refractivity (Wildman–Crippen MR) is 66.1 cm³/mol. The second-order valence-corrected chi connectivity index (χ2v) is 4.27. The zero-order valence-electron chi connectivity index (χ0n) is 8.68. The Morgan fingerprint density at radius 3 is 1.53 bits per heavy atom. The van der Waals surface area contributed by atoms with Gasteiger partial charge in [-0.25, -0.2) is 0 Å². The van der Waals surface area contributed by atoms with Crippen LogP contribution in [0.4, 0.5) is 0 Å². The number of aryl methyl sites for hydroxylation is 2. The van der Waals surface area contributed by atoms with E-state index in [0.29, 0.717) is 18.2 Å². The molecule has 0 amide bonds. The Bertz CT molecular complexity index is 240. The topological polar surface area (TPSA) is 20.2 Å². The van der Waals surface area contributed by atoms with Crippen molar-refractivity contribution in [2.45, 2.75) is 19.3 Å². The summed E-state index contributed by atoms with van der Waals surface area (Å²) in [5.74, 6) is 1.26. The Kier molecular flexibility index (Phi) is 6.07. The normalized spacial score (nSPS) is 10.6. The molecule has 0 aliphatic carbocycles. The summed E-state index contributed by atoms with van der Waals surface area (Å²) in [5, 5.41) is 8.91. The third-order valence-corrected chi connectivity index (χ3v) is 2.66. The first-order chi connectivity index (χ1) is 7.30. The van der Waals surface area contributed by atoms with Crippen molar-refractivity contribution >= 4 is 23.2 Å². The van der Waals surface area contributed by atoms with Gasteiger partial charge in [0.1, 0.15) is 0 Å². The third-order valence-electron chi connectivity index (χ3n) is 2.28. The molecule has 3 heteroatoms. The van der Waals surface area contributed by atoms with Crippen LogP contribution in [0.5, 0.6) is 0 Å². The fourth-order valence-corrected chi connectivity index (χ4v) is 2.06. The zero-order chi connectivity index (χ0) is 11.1. The summed E-state index contributed by atoms with van der Waals surface area (Å²) in [6, 6.07) is 6.36. The second kappa shape index (κ2) is 7.10. The van der Waals surface area contributed by atoms with Crippen LogP contribution in [0.25, 0.3) is 0 Å². The van der Waals surface area contributed by atoms with Gasteiger partial charge in [0.15, 0.2) is 0 Å². The minimum atomic E-state index is 0.185. The first-order valence-electron chi connectivity index (χ1n) is 5.14. The van der Waals surface area contributed by atoms with Crippen molar-refractivity contribution in [3.05, 3.63) is 34.9 Å². The third kappa shape index (κ3) is 4.42. The average molecular weight is 247 g/mol. The molecule has 1 rings (SSSR count). The molecule has 1 N–H and O–H groups in total. The number of rotatable bonds is 6. The quantitative estimate of drug-likeness (QED) is 0.766. The predicted octanol–water partition coefficient (Wildman–Crippen LogP) is 2.78. The second-order valence-electron chi connectivity index (χ2n) is 3.51. The monoisotopic (exact) mass is 246 g/mol. The van der Waals surface area contributed by atoms with Gasteiger partial charge in [-0.2, -0.15) is 0 Å². The van der Waals surface area contributed by atoms with E-state index >= 15 is 0 Å². The molecule has 0 bridgehead atoms. The largest absolute Gasteiger partial charge is 0.396 e. The van der Waals surface area contributed by atoms with Gasteiger partial charge in [0.2, 0.25) is 0 Å². The lowest BCUT2D eigenvalue weighted by Crippen LogP contribution is -1.98. The minimum Gasteiger partial charge on any atom is -0.396 e. The number of alkyl halides is 2. The van der Waals surface area contributed by atoms with E-state index in [0.717, 1.165) is 12.8 Å². The number of hydrogen-bond acceptors (Lipinski definition) is 1. The lowest BCUT2D eigenvalue weighted by atomic mass is 10.0. The summed E-state index contributed by atoms with van der Waals surface area (Å²) in [7, 11) is 0. The summed E-state index contributed by atoms with van der Waals surface area (Å²) in [6.07, 6.45) is 2.44. The summed E-state index contributed by atoms with van der Waals surface area (Å²) in [5.41, 5.74) is 3.63. The van der Waals surface area contributed by atoms with E-state index in [9.17, 15) is 0 Å². The fraction of sp³-hybridized carbons (Fsp3) is 0.500. The van der Waals surface area contributed by atoms with Crippen molar-refractivity contribution in [1.29, 1.82) is 0 Å². The maximum Gasteiger partial charge on any atom is 0.0471 e. The van der Waals surface area contributed by atoms with Gasteiger partial charge in [-0.1, -0.05) is 18.2 Å². The molecular weight excluding hydrogens is 231 g/mol. The molecule has 0 heterocycles. The summed E-state index contributed by atoms with van der Waals surface area (Å²) in [6.45, 7) is 0.185. The molecule has 1 aromatic rings. The molecule has 0 fully saturated rings. The van der Waals surface area contributed by atoms with E-state index < -0.39 is 0 Å². The van der Waals surface area contributed by atoms with Crippen molar-refractivity contribution < 1.29 is 5.11 Å². The summed E-state index contributed by atoms with van der Waals surface area (Å²) < 4.78 is 0. The Morgan fingerprint density at radius 1 is 0.800 bits per heavy atom. The standard InChI is InChI=1S/C12H16Cl2O/c13-4-1-10-7-11(2-5-14)9-12(8-10)3-6-15/h7-9,15H,1-6H2. The van der Waals surface area contributed by atoms with Gasteiger partial charge in [-0.05, 0) is 36.0 Å². The first kappa shape index (κ1) is 12.8. The van der Waals surface area contributed by atoms with Crippen LogP contribution in [-0.2, 0) is 19.3 Å². The number of aliphatic hydroxyl groups excluding tert-OH is 1. The van der Waals surface area contributed by atoms with E-state index in [2.05, 4.69) is 18.2 Å². The van der Waals surface area contributed by atoms with E-state index in [-0.39, 0.29) is 6.61 Å². The molecule has 0 radical (unpaired) electrons. The van der Waals surface area contributed by atoms with Crippen LogP contribution in [0, 0.1) is 0 Å². The van der Waals surface area contributed by atoms with Crippen LogP contribution in [0.2, 0.25) is 0 Å². The van der Waals surface area contributed by atoms with Crippen LogP contribution in [0.3, 0.4) is 0 Å². The molecule has 0 aliphatic heterocycles. The number of aliphatic hydroxyl groups is 1. The molecule has 1 aromatic carbocycles. The van der Waals surface area contributed by atoms with Gasteiger partial charge < -0.3 is 5.11 Å². The van der Waals surface area contributed by atoms with Gasteiger partial charge >= 0.3 is 0 Å². The lowest BCUT2D eigenvalue weighted by molar-refractivity contribution is 0.299. The molecule has 0 atom stereocenters. The smallest absolute Gasteiger partial charge is 0.0471 e. The number of halogens is 2. The van der Waals surface area contributed by atoms with E-state index in [4.69, 9.17) is 28.3 Å². The van der Waals surface area contributed by atoms with Crippen LogP contribution in [0.15, 0.2) is 18.2 Å². The maximum absolute atomic E-state index is 8.91. The van der Waals surface area contributed by atoms with Crippen LogP contribution >= 0.6 is 23.2 Å². The van der Waals surface area contributed by atoms with Gasteiger partial charge in [-0.3, -0.25) is 0 Å². The number of hydrogen-bond donors (Lipinski definition) is 1. The van der Waals surface area contributed by atoms with Gasteiger partial charge in [-0.15, -0.1) is 23.2 Å². The van der Waals surface area contributed by atoms with E-state index in [1.165, 1.54) is 16.7 Å². The zero-order valence-corrected chi connectivity index (χ0v) is 10.2. The summed E-state index contributed by atoms with van der Waals surface area (Å²) >= 11 is 11.4. The van der Waals surface area contributed by atoms with Crippen LogP contribution < -0.4 is 0 Å². The van der Waals surface area contributed by atoms with Crippen molar-refractivity contribution in [2.24, 2.45) is 0 Å². The van der Waals surface area contributed by atoms with Crippen LogP contribution in [-0.4, -0.2) is 23.5 Å². The Morgan fingerprint density at radius 2 is 1.20 bits per heavy atom. The van der Waals surface area contributed by atoms with E-state index in [1.54, 1.807) is 0 Å². The number of benzene rings is 1. The minimum absolute atomic E-state index is 0.185. The highest BCUT2D eigenvalue weighted by molar-refractivity contribution is 6.18. The molecule has 0 aromatic heterocycles. The lowest BCUT2D eigenvalue weighted by Gasteiger charge is -2.07. The van der Waals surface area contributed by atoms with Crippen molar-refractivity contribution in [1.82, 2.24) is 0 Å². The molecule has 0 spiro atoms. The first-order valence-corrected chi connectivity index (χ1v) is 6.21. The van der Waals surface area contributed by atoms with Crippen molar-refractivity contribution in [2.75, 3.05) is 18.4 Å². The highest BCUT2D eigenvalue weighted by atomic mass is 35.5. The van der Waals surface area contributed by atoms with Crippen LogP contribution in [0.1, 0.15) is 16.7 Å². The van der Waals surface area contributed by atoms with Crippen molar-refractivity contribution in [3.63, 3.8) is 0 Å². The molecular formula is C12H16Cl2O. The van der Waals surface area contributed by atoms with Gasteiger partial charge in [0, 0.05) is 18.4 Å². The molecule has 84 valence electrons. The molecule has 0 saturated carbocycles. The van der Waals surface area contributed by atoms with Crippen molar-refractivity contribution in [3.8, 4) is 0 Å².